The number of hydrogen-bond donors (Lipinski definition) is 2. The molecule has 14 heavy (non-hydrogen) atoms. The minimum absolute atomic E-state index is 0.0810. The average Bonchev–Trinajstić information content (AvgIpc) is 2.17. The Morgan fingerprint density at radius 3 is 2.43 bits per heavy atom. The van der Waals surface area contributed by atoms with Crippen molar-refractivity contribution < 1.29 is 15.0 Å². The Kier molecular flexibility index (Phi) is 4.39. The molecular weight excluding hydrogens is 180 g/mol. The van der Waals surface area contributed by atoms with Crippen molar-refractivity contribution in [1.82, 2.24) is 0 Å². The van der Waals surface area contributed by atoms with Crippen LogP contribution in [0.15, 0.2) is 0 Å². The summed E-state index contributed by atoms with van der Waals surface area (Å²) in [7, 11) is 0. The summed E-state index contributed by atoms with van der Waals surface area (Å²) in [5.41, 5.74) is 0. The highest BCUT2D eigenvalue weighted by Gasteiger charge is 2.27. The van der Waals surface area contributed by atoms with Crippen LogP contribution >= 0.6 is 0 Å². The Morgan fingerprint density at radius 2 is 1.93 bits per heavy atom. The van der Waals surface area contributed by atoms with Gasteiger partial charge in [0.2, 0.25) is 0 Å². The van der Waals surface area contributed by atoms with Crippen molar-refractivity contribution >= 4 is 5.97 Å². The van der Waals surface area contributed by atoms with Gasteiger partial charge in [0.15, 0.2) is 0 Å². The normalized spacial score (nSPS) is 23.0. The Hall–Kier alpha value is -0.570. The molecule has 0 bridgehead atoms. The lowest BCUT2D eigenvalue weighted by atomic mass is 9.80. The van der Waals surface area contributed by atoms with Crippen LogP contribution < -0.4 is 0 Å². The summed E-state index contributed by atoms with van der Waals surface area (Å²) < 4.78 is 0. The molecule has 3 heteroatoms. The SMILES string of the molecule is CC(CC(=O)O)C(O)C1CCCCC1. The maximum atomic E-state index is 10.5. The number of carbonyl (C=O) groups is 1. The third-order valence-electron chi connectivity index (χ3n) is 3.21. The minimum Gasteiger partial charge on any atom is -0.481 e. The first-order valence-electron chi connectivity index (χ1n) is 5.51. The third-order valence-corrected chi connectivity index (χ3v) is 3.21. The third kappa shape index (κ3) is 3.29. The van der Waals surface area contributed by atoms with E-state index in [1.165, 1.54) is 19.3 Å². The van der Waals surface area contributed by atoms with Gasteiger partial charge in [0, 0.05) is 0 Å². The molecule has 1 fully saturated rings. The summed E-state index contributed by atoms with van der Waals surface area (Å²) in [6.45, 7) is 1.83. The van der Waals surface area contributed by atoms with Gasteiger partial charge in [-0.3, -0.25) is 4.79 Å². The van der Waals surface area contributed by atoms with E-state index < -0.39 is 12.1 Å². The van der Waals surface area contributed by atoms with Crippen LogP contribution in [0.3, 0.4) is 0 Å². The van der Waals surface area contributed by atoms with Crippen LogP contribution in [0.2, 0.25) is 0 Å². The van der Waals surface area contributed by atoms with E-state index in [1.54, 1.807) is 0 Å². The maximum absolute atomic E-state index is 10.5. The van der Waals surface area contributed by atoms with Crippen molar-refractivity contribution in [3.8, 4) is 0 Å². The first kappa shape index (κ1) is 11.5. The number of aliphatic carboxylic acids is 1. The topological polar surface area (TPSA) is 57.5 Å². The fourth-order valence-electron chi connectivity index (χ4n) is 2.34. The standard InChI is InChI=1S/C11H20O3/c1-8(7-10(12)13)11(14)9-5-3-2-4-6-9/h8-9,11,14H,2-7H2,1H3,(H,12,13). The molecule has 2 unspecified atom stereocenters. The average molecular weight is 200 g/mol. The number of aliphatic hydroxyl groups is 1. The summed E-state index contributed by atoms with van der Waals surface area (Å²) in [5.74, 6) is -0.596. The van der Waals surface area contributed by atoms with Gasteiger partial charge in [-0.25, -0.2) is 0 Å². The molecule has 1 saturated carbocycles. The number of rotatable bonds is 4. The van der Waals surface area contributed by atoms with Crippen molar-refractivity contribution in [3.63, 3.8) is 0 Å². The smallest absolute Gasteiger partial charge is 0.303 e. The van der Waals surface area contributed by atoms with Crippen molar-refractivity contribution in [1.29, 1.82) is 0 Å². The summed E-state index contributed by atoms with van der Waals surface area (Å²) in [5, 5.41) is 18.5. The van der Waals surface area contributed by atoms with Crippen LogP contribution in [0.1, 0.15) is 45.4 Å². The Bertz CT molecular complexity index is 185. The molecule has 0 aromatic heterocycles. The molecule has 0 aromatic rings. The lowest BCUT2D eigenvalue weighted by Crippen LogP contribution is -2.30. The van der Waals surface area contributed by atoms with E-state index in [9.17, 15) is 9.90 Å². The number of aliphatic hydroxyl groups excluding tert-OH is 1. The monoisotopic (exact) mass is 200 g/mol. The Balaban J connectivity index is 2.37. The van der Waals surface area contributed by atoms with Crippen LogP contribution in [0.4, 0.5) is 0 Å². The fourth-order valence-corrected chi connectivity index (χ4v) is 2.34. The fraction of sp³-hybridized carbons (Fsp3) is 0.909. The zero-order valence-electron chi connectivity index (χ0n) is 8.78. The Labute approximate surface area is 85.1 Å². The van der Waals surface area contributed by atoms with E-state index in [2.05, 4.69) is 0 Å². The highest BCUT2D eigenvalue weighted by atomic mass is 16.4. The van der Waals surface area contributed by atoms with Crippen LogP contribution in [-0.2, 0) is 4.79 Å². The quantitative estimate of drug-likeness (QED) is 0.730. The highest BCUT2D eigenvalue weighted by molar-refractivity contribution is 5.67. The van der Waals surface area contributed by atoms with Crippen LogP contribution in [0.5, 0.6) is 0 Å². The first-order chi connectivity index (χ1) is 6.61. The summed E-state index contributed by atoms with van der Waals surface area (Å²) >= 11 is 0. The van der Waals surface area contributed by atoms with Gasteiger partial charge in [-0.2, -0.15) is 0 Å². The van der Waals surface area contributed by atoms with Gasteiger partial charge in [-0.1, -0.05) is 26.2 Å². The van der Waals surface area contributed by atoms with Crippen LogP contribution in [0.25, 0.3) is 0 Å². The van der Waals surface area contributed by atoms with E-state index in [0.717, 1.165) is 12.8 Å². The molecule has 0 heterocycles. The molecule has 0 amide bonds. The number of hydrogen-bond acceptors (Lipinski definition) is 2. The van der Waals surface area contributed by atoms with E-state index >= 15 is 0 Å². The summed E-state index contributed by atoms with van der Waals surface area (Å²) in [6, 6.07) is 0. The van der Waals surface area contributed by atoms with Crippen molar-refractivity contribution in [2.24, 2.45) is 11.8 Å². The van der Waals surface area contributed by atoms with Gasteiger partial charge in [0.05, 0.1) is 12.5 Å². The molecule has 82 valence electrons. The zero-order chi connectivity index (χ0) is 10.6. The Morgan fingerprint density at radius 1 is 1.36 bits per heavy atom. The molecule has 1 aliphatic carbocycles. The molecule has 2 atom stereocenters. The van der Waals surface area contributed by atoms with Crippen LogP contribution in [0, 0.1) is 11.8 Å². The predicted molar refractivity (Wildman–Crippen MR) is 54.0 cm³/mol. The van der Waals surface area contributed by atoms with Gasteiger partial charge < -0.3 is 10.2 Å². The van der Waals surface area contributed by atoms with Gasteiger partial charge >= 0.3 is 5.97 Å². The molecule has 3 nitrogen and oxygen atoms in total. The summed E-state index contributed by atoms with van der Waals surface area (Å²) in [6.07, 6.45) is 5.40. The number of carboxylic acid groups (broad SMARTS) is 1. The van der Waals surface area contributed by atoms with Crippen molar-refractivity contribution in [2.75, 3.05) is 0 Å². The maximum Gasteiger partial charge on any atom is 0.303 e. The first-order valence-corrected chi connectivity index (χ1v) is 5.51. The molecule has 0 spiro atoms. The minimum atomic E-state index is -0.813. The van der Waals surface area contributed by atoms with E-state index in [4.69, 9.17) is 5.11 Å². The van der Waals surface area contributed by atoms with Crippen molar-refractivity contribution in [2.45, 2.75) is 51.6 Å². The second kappa shape index (κ2) is 5.35. The van der Waals surface area contributed by atoms with Crippen molar-refractivity contribution in [3.05, 3.63) is 0 Å². The number of carboxylic acids is 1. The molecule has 2 N–H and O–H groups in total. The lowest BCUT2D eigenvalue weighted by Gasteiger charge is -2.29. The van der Waals surface area contributed by atoms with E-state index in [-0.39, 0.29) is 12.3 Å². The molecule has 0 aliphatic heterocycles. The molecular formula is C11H20O3. The van der Waals surface area contributed by atoms with Gasteiger partial charge in [-0.05, 0) is 24.7 Å². The molecule has 0 radical (unpaired) electrons. The second-order valence-electron chi connectivity index (χ2n) is 4.46. The molecule has 0 saturated heterocycles. The largest absolute Gasteiger partial charge is 0.481 e. The molecule has 1 aliphatic rings. The second-order valence-corrected chi connectivity index (χ2v) is 4.46. The molecule has 1 rings (SSSR count). The van der Waals surface area contributed by atoms with Gasteiger partial charge in [0.1, 0.15) is 0 Å². The van der Waals surface area contributed by atoms with E-state index in [1.807, 2.05) is 6.92 Å². The van der Waals surface area contributed by atoms with Crippen LogP contribution in [-0.4, -0.2) is 22.3 Å². The predicted octanol–water partition coefficient (Wildman–Crippen LogP) is 2.04. The summed E-state index contributed by atoms with van der Waals surface area (Å²) in [4.78, 5) is 10.5. The van der Waals surface area contributed by atoms with Gasteiger partial charge in [-0.15, -0.1) is 0 Å². The lowest BCUT2D eigenvalue weighted by molar-refractivity contribution is -0.139. The zero-order valence-corrected chi connectivity index (χ0v) is 8.78. The van der Waals surface area contributed by atoms with Gasteiger partial charge in [0.25, 0.3) is 0 Å². The highest BCUT2D eigenvalue weighted by Crippen LogP contribution is 2.30. The molecule has 0 aromatic carbocycles. The van der Waals surface area contributed by atoms with E-state index in [0.29, 0.717) is 5.92 Å².